The second kappa shape index (κ2) is 12.2. The SMILES string of the molecule is CCNC(=NCC1(c2ccccc2)CCOCC1)N1CCN(C(=O)C2CCCO2)CC1.I. The van der Waals surface area contributed by atoms with Crippen LogP contribution in [-0.4, -0.2) is 86.9 Å². The molecule has 178 valence electrons. The van der Waals surface area contributed by atoms with E-state index in [0.717, 1.165) is 84.1 Å². The third kappa shape index (κ3) is 5.94. The van der Waals surface area contributed by atoms with Crippen LogP contribution in [0.5, 0.6) is 0 Å². The molecule has 1 atom stereocenters. The molecule has 3 aliphatic rings. The van der Waals surface area contributed by atoms with Crippen LogP contribution in [0.25, 0.3) is 0 Å². The summed E-state index contributed by atoms with van der Waals surface area (Å²) in [6.07, 6.45) is 3.59. The lowest BCUT2D eigenvalue weighted by atomic mass is 9.74. The maximum Gasteiger partial charge on any atom is 0.251 e. The molecule has 0 aromatic heterocycles. The highest BCUT2D eigenvalue weighted by Gasteiger charge is 2.35. The van der Waals surface area contributed by atoms with Gasteiger partial charge in [-0.15, -0.1) is 24.0 Å². The molecule has 7 nitrogen and oxygen atoms in total. The van der Waals surface area contributed by atoms with Gasteiger partial charge in [0, 0.05) is 58.0 Å². The molecule has 1 amide bonds. The summed E-state index contributed by atoms with van der Waals surface area (Å²) in [5.41, 5.74) is 1.38. The Hall–Kier alpha value is -1.39. The van der Waals surface area contributed by atoms with Crippen molar-refractivity contribution in [1.82, 2.24) is 15.1 Å². The van der Waals surface area contributed by atoms with E-state index in [1.807, 2.05) is 4.90 Å². The number of guanidine groups is 1. The van der Waals surface area contributed by atoms with E-state index in [1.165, 1.54) is 5.56 Å². The van der Waals surface area contributed by atoms with Gasteiger partial charge in [-0.2, -0.15) is 0 Å². The van der Waals surface area contributed by atoms with E-state index in [9.17, 15) is 4.79 Å². The first-order chi connectivity index (χ1) is 15.2. The van der Waals surface area contributed by atoms with E-state index in [0.29, 0.717) is 6.61 Å². The fourth-order valence-electron chi connectivity index (χ4n) is 4.86. The Bertz CT molecular complexity index is 741. The molecule has 0 aliphatic carbocycles. The van der Waals surface area contributed by atoms with Crippen LogP contribution in [0.2, 0.25) is 0 Å². The molecule has 0 radical (unpaired) electrons. The van der Waals surface area contributed by atoms with Gasteiger partial charge in [0.25, 0.3) is 5.91 Å². The van der Waals surface area contributed by atoms with Crippen LogP contribution in [0.4, 0.5) is 0 Å². The smallest absolute Gasteiger partial charge is 0.251 e. The summed E-state index contributed by atoms with van der Waals surface area (Å²) in [6.45, 7) is 9.00. The highest BCUT2D eigenvalue weighted by Crippen LogP contribution is 2.35. The third-order valence-corrected chi connectivity index (χ3v) is 6.80. The molecule has 0 spiro atoms. The first-order valence-corrected chi connectivity index (χ1v) is 11.8. The highest BCUT2D eigenvalue weighted by molar-refractivity contribution is 14.0. The lowest BCUT2D eigenvalue weighted by Gasteiger charge is -2.39. The quantitative estimate of drug-likeness (QED) is 0.343. The predicted octanol–water partition coefficient (Wildman–Crippen LogP) is 2.64. The predicted molar refractivity (Wildman–Crippen MR) is 137 cm³/mol. The average Bonchev–Trinajstić information content (AvgIpc) is 3.38. The lowest BCUT2D eigenvalue weighted by Crippen LogP contribution is -2.55. The molecule has 1 unspecified atom stereocenters. The van der Waals surface area contributed by atoms with E-state index in [-0.39, 0.29) is 41.4 Å². The van der Waals surface area contributed by atoms with Gasteiger partial charge in [0.1, 0.15) is 6.10 Å². The molecule has 3 fully saturated rings. The molecule has 4 rings (SSSR count). The molecule has 32 heavy (non-hydrogen) atoms. The van der Waals surface area contributed by atoms with Gasteiger partial charge in [-0.3, -0.25) is 9.79 Å². The Kier molecular flexibility index (Phi) is 9.61. The molecule has 1 aromatic carbocycles. The van der Waals surface area contributed by atoms with Crippen LogP contribution >= 0.6 is 24.0 Å². The van der Waals surface area contributed by atoms with Crippen molar-refractivity contribution in [3.63, 3.8) is 0 Å². The first kappa shape index (κ1) is 25.2. The summed E-state index contributed by atoms with van der Waals surface area (Å²) < 4.78 is 11.3. The van der Waals surface area contributed by atoms with Crippen LogP contribution in [0.15, 0.2) is 35.3 Å². The number of piperazine rings is 1. The van der Waals surface area contributed by atoms with Crippen LogP contribution in [0.1, 0.15) is 38.2 Å². The third-order valence-electron chi connectivity index (χ3n) is 6.80. The summed E-state index contributed by atoms with van der Waals surface area (Å²) in [5, 5.41) is 3.48. The van der Waals surface area contributed by atoms with Crippen molar-refractivity contribution in [3.05, 3.63) is 35.9 Å². The minimum Gasteiger partial charge on any atom is -0.381 e. The van der Waals surface area contributed by atoms with Crippen molar-refractivity contribution in [2.45, 2.75) is 44.1 Å². The van der Waals surface area contributed by atoms with Crippen LogP contribution in [-0.2, 0) is 19.7 Å². The molecule has 0 bridgehead atoms. The van der Waals surface area contributed by atoms with Gasteiger partial charge in [-0.1, -0.05) is 30.3 Å². The number of aliphatic imine (C=N–C) groups is 1. The fourth-order valence-corrected chi connectivity index (χ4v) is 4.86. The number of benzene rings is 1. The van der Waals surface area contributed by atoms with Crippen molar-refractivity contribution in [3.8, 4) is 0 Å². The molecule has 0 saturated carbocycles. The number of nitrogens with one attached hydrogen (secondary N) is 1. The zero-order chi connectivity index (χ0) is 21.5. The number of hydrogen-bond acceptors (Lipinski definition) is 4. The van der Waals surface area contributed by atoms with Crippen molar-refractivity contribution in [1.29, 1.82) is 0 Å². The second-order valence-electron chi connectivity index (χ2n) is 8.74. The van der Waals surface area contributed by atoms with Crippen molar-refractivity contribution in [2.75, 3.05) is 59.1 Å². The number of carbonyl (C=O) groups excluding carboxylic acids is 1. The van der Waals surface area contributed by atoms with Gasteiger partial charge >= 0.3 is 0 Å². The van der Waals surface area contributed by atoms with Crippen LogP contribution < -0.4 is 5.32 Å². The second-order valence-corrected chi connectivity index (χ2v) is 8.74. The number of halogens is 1. The van der Waals surface area contributed by atoms with Crippen molar-refractivity contribution < 1.29 is 14.3 Å². The normalized spacial score (nSPS) is 23.5. The maximum absolute atomic E-state index is 12.7. The van der Waals surface area contributed by atoms with Crippen molar-refractivity contribution >= 4 is 35.8 Å². The Balaban J connectivity index is 0.00000289. The van der Waals surface area contributed by atoms with Gasteiger partial charge in [-0.25, -0.2) is 0 Å². The van der Waals surface area contributed by atoms with E-state index in [1.54, 1.807) is 0 Å². The number of amides is 1. The number of carbonyl (C=O) groups is 1. The van der Waals surface area contributed by atoms with Gasteiger partial charge in [0.05, 0.1) is 6.54 Å². The number of nitrogens with zero attached hydrogens (tertiary/aromatic N) is 3. The monoisotopic (exact) mass is 556 g/mol. The van der Waals surface area contributed by atoms with E-state index in [2.05, 4.69) is 47.5 Å². The van der Waals surface area contributed by atoms with Gasteiger partial charge in [0.15, 0.2) is 5.96 Å². The van der Waals surface area contributed by atoms with E-state index in [4.69, 9.17) is 14.5 Å². The van der Waals surface area contributed by atoms with Crippen LogP contribution in [0.3, 0.4) is 0 Å². The maximum atomic E-state index is 12.7. The molecule has 1 N–H and O–H groups in total. The molecule has 3 heterocycles. The fraction of sp³-hybridized carbons (Fsp3) is 0.667. The Morgan fingerprint density at radius 1 is 1.09 bits per heavy atom. The summed E-state index contributed by atoms with van der Waals surface area (Å²) >= 11 is 0. The molecule has 1 aromatic rings. The minimum atomic E-state index is -0.229. The summed E-state index contributed by atoms with van der Waals surface area (Å²) in [7, 11) is 0. The Morgan fingerprint density at radius 3 is 2.41 bits per heavy atom. The first-order valence-electron chi connectivity index (χ1n) is 11.8. The number of hydrogen-bond donors (Lipinski definition) is 1. The number of rotatable bonds is 5. The zero-order valence-electron chi connectivity index (χ0n) is 19.1. The van der Waals surface area contributed by atoms with E-state index < -0.39 is 0 Å². The van der Waals surface area contributed by atoms with Gasteiger partial charge < -0.3 is 24.6 Å². The van der Waals surface area contributed by atoms with Gasteiger partial charge in [-0.05, 0) is 38.2 Å². The Morgan fingerprint density at radius 2 is 1.78 bits per heavy atom. The van der Waals surface area contributed by atoms with Crippen molar-refractivity contribution in [2.24, 2.45) is 4.99 Å². The summed E-state index contributed by atoms with van der Waals surface area (Å²) in [6, 6.07) is 10.8. The standard InChI is InChI=1S/C24H36N4O3.HI/c1-2-25-23(28-14-12-27(13-15-28)22(29)21-9-6-16-31-21)26-19-24(10-17-30-18-11-24)20-7-4-3-5-8-20;/h3-5,7-8,21H,2,6,9-19H2,1H3,(H,25,26);1H. The summed E-state index contributed by atoms with van der Waals surface area (Å²) in [4.78, 5) is 22.0. The Labute approximate surface area is 208 Å². The largest absolute Gasteiger partial charge is 0.381 e. The number of ether oxygens (including phenoxy) is 2. The lowest BCUT2D eigenvalue weighted by molar-refractivity contribution is -0.142. The van der Waals surface area contributed by atoms with E-state index >= 15 is 0 Å². The highest BCUT2D eigenvalue weighted by atomic mass is 127. The molecule has 3 saturated heterocycles. The van der Waals surface area contributed by atoms with Crippen LogP contribution in [0, 0.1) is 0 Å². The summed E-state index contributed by atoms with van der Waals surface area (Å²) in [5.74, 6) is 1.11. The molecular weight excluding hydrogens is 519 g/mol. The zero-order valence-corrected chi connectivity index (χ0v) is 21.5. The molecule has 8 heteroatoms. The minimum absolute atomic E-state index is 0. The molecule has 3 aliphatic heterocycles. The van der Waals surface area contributed by atoms with Gasteiger partial charge in [0.2, 0.25) is 0 Å². The molecular formula is C24H37IN4O3. The topological polar surface area (TPSA) is 66.4 Å². The average molecular weight is 556 g/mol.